The molecule has 70 valence electrons. The molecule has 0 N–H and O–H groups in total. The average molecular weight is 353 g/mol. The molecule has 1 aromatic carbocycles. The molecular weight excluding hydrogens is 343 g/mol. The van der Waals surface area contributed by atoms with Crippen LogP contribution in [0.4, 0.5) is 5.69 Å². The summed E-state index contributed by atoms with van der Waals surface area (Å²) in [6, 6.07) is 11.1. The van der Waals surface area contributed by atoms with Gasteiger partial charge in [-0.05, 0) is 19.4 Å². The van der Waals surface area contributed by atoms with E-state index in [-0.39, 0.29) is 21.1 Å². The average Bonchev–Trinajstić information content (AvgIpc) is 2.54. The summed E-state index contributed by atoms with van der Waals surface area (Å²) in [6.07, 6.45) is 4.01. The van der Waals surface area contributed by atoms with E-state index in [1.165, 1.54) is 0 Å². The van der Waals surface area contributed by atoms with Crippen molar-refractivity contribution in [3.05, 3.63) is 49.4 Å². The molecule has 2 rings (SSSR count). The quantitative estimate of drug-likeness (QED) is 0.711. The fourth-order valence-electron chi connectivity index (χ4n) is 1.14. The van der Waals surface area contributed by atoms with Crippen LogP contribution < -0.4 is 4.90 Å². The van der Waals surface area contributed by atoms with Gasteiger partial charge in [0.05, 0.1) is 0 Å². The first kappa shape index (κ1) is 10.3. The van der Waals surface area contributed by atoms with Gasteiger partial charge in [-0.3, -0.25) is 0 Å². The summed E-state index contributed by atoms with van der Waals surface area (Å²) in [5.41, 5.74) is 1.07. The van der Waals surface area contributed by atoms with Crippen molar-refractivity contribution in [2.24, 2.45) is 0 Å². The van der Waals surface area contributed by atoms with Gasteiger partial charge in [0.2, 0.25) is 0 Å². The smallest absolute Gasteiger partial charge is 0.510 e. The second-order valence-electron chi connectivity index (χ2n) is 2.73. The van der Waals surface area contributed by atoms with Crippen LogP contribution in [0.5, 0.6) is 0 Å². The molecule has 1 aliphatic heterocycles. The molecule has 0 saturated heterocycles. The zero-order chi connectivity index (χ0) is 8.39. The van der Waals surface area contributed by atoms with Gasteiger partial charge >= 0.3 is 21.1 Å². The van der Waals surface area contributed by atoms with Gasteiger partial charge in [0, 0.05) is 0 Å². The number of rotatable bonds is 1. The van der Waals surface area contributed by atoms with Crippen LogP contribution in [-0.2, 0) is 21.1 Å². The van der Waals surface area contributed by atoms with E-state index in [0.29, 0.717) is 0 Å². The molecule has 1 aliphatic rings. The minimum absolute atomic E-state index is 0. The molecule has 0 spiro atoms. The number of nitrogens with zero attached hydrogens (tertiary/aromatic N) is 2. The zero-order valence-electron chi connectivity index (χ0n) is 7.25. The van der Waals surface area contributed by atoms with E-state index >= 15 is 0 Å². The standard InChI is InChI=1S/C10H10N2.Pt/c1-11-7-8-12(9-11)10-5-3-2-4-6-10;/h2-5,7-9H,1H3;/q-2;+2. The Balaban J connectivity index is 0.000000845. The summed E-state index contributed by atoms with van der Waals surface area (Å²) in [5, 5.41) is 0. The molecule has 1 heterocycles. The predicted molar refractivity (Wildman–Crippen MR) is 49.0 cm³/mol. The van der Waals surface area contributed by atoms with Gasteiger partial charge in [-0.2, -0.15) is 37.0 Å². The van der Waals surface area contributed by atoms with Crippen LogP contribution in [0.15, 0.2) is 36.7 Å². The second kappa shape index (κ2) is 4.47. The van der Waals surface area contributed by atoms with Gasteiger partial charge in [-0.25, -0.2) is 0 Å². The Morgan fingerprint density at radius 1 is 1.31 bits per heavy atom. The van der Waals surface area contributed by atoms with Crippen LogP contribution >= 0.6 is 0 Å². The number of anilines is 1. The molecule has 0 amide bonds. The molecule has 1 aromatic rings. The minimum atomic E-state index is 0. The Kier molecular flexibility index (Phi) is 3.56. The van der Waals surface area contributed by atoms with E-state index < -0.39 is 0 Å². The van der Waals surface area contributed by atoms with E-state index in [4.69, 9.17) is 0 Å². The Bertz CT molecular complexity index is 284. The zero-order valence-corrected chi connectivity index (χ0v) is 9.52. The predicted octanol–water partition coefficient (Wildman–Crippen LogP) is 1.83. The van der Waals surface area contributed by atoms with Gasteiger partial charge in [-0.15, -0.1) is 5.69 Å². The van der Waals surface area contributed by atoms with Gasteiger partial charge in [0.25, 0.3) is 0 Å². The molecule has 13 heavy (non-hydrogen) atoms. The van der Waals surface area contributed by atoms with Crippen molar-refractivity contribution in [3.63, 3.8) is 0 Å². The van der Waals surface area contributed by atoms with Crippen LogP contribution in [0.2, 0.25) is 0 Å². The first-order valence-electron chi connectivity index (χ1n) is 3.86. The number of benzene rings is 1. The van der Waals surface area contributed by atoms with Crippen LogP contribution in [0.3, 0.4) is 0 Å². The van der Waals surface area contributed by atoms with E-state index in [1.54, 1.807) is 0 Å². The topological polar surface area (TPSA) is 6.48 Å². The summed E-state index contributed by atoms with van der Waals surface area (Å²) in [4.78, 5) is 4.03. The Labute approximate surface area is 93.1 Å². The third-order valence-electron chi connectivity index (χ3n) is 1.74. The summed E-state index contributed by atoms with van der Waals surface area (Å²) >= 11 is 0. The molecule has 0 radical (unpaired) electrons. The second-order valence-corrected chi connectivity index (χ2v) is 2.73. The van der Waals surface area contributed by atoms with Crippen LogP contribution in [0, 0.1) is 12.7 Å². The summed E-state index contributed by atoms with van der Waals surface area (Å²) in [7, 11) is 2.00. The van der Waals surface area contributed by atoms with E-state index in [1.807, 2.05) is 60.2 Å². The van der Waals surface area contributed by atoms with Gasteiger partial charge in [0.1, 0.15) is 0 Å². The maximum Gasteiger partial charge on any atom is 2.00 e. The number of para-hydroxylation sites is 1. The SMILES string of the molecule is CN1C=CN(c2[c-]cccc2)[CH-]1.[Pt+2]. The minimum Gasteiger partial charge on any atom is -0.510 e. The molecule has 2 nitrogen and oxygen atoms in total. The molecule has 0 atom stereocenters. The fourth-order valence-corrected chi connectivity index (χ4v) is 1.14. The molecule has 0 saturated carbocycles. The molecule has 0 unspecified atom stereocenters. The van der Waals surface area contributed by atoms with Crippen molar-refractivity contribution in [2.75, 3.05) is 11.9 Å². The van der Waals surface area contributed by atoms with Gasteiger partial charge in [-0.1, -0.05) is 0 Å². The van der Waals surface area contributed by atoms with E-state index in [0.717, 1.165) is 5.69 Å². The summed E-state index contributed by atoms with van der Waals surface area (Å²) in [6.45, 7) is 2.01. The molecule has 0 fully saturated rings. The summed E-state index contributed by atoms with van der Waals surface area (Å²) < 4.78 is 0. The largest absolute Gasteiger partial charge is 2.00 e. The monoisotopic (exact) mass is 353 g/mol. The third kappa shape index (κ3) is 2.35. The molecule has 3 heteroatoms. The summed E-state index contributed by atoms with van der Waals surface area (Å²) in [5.74, 6) is 0. The molecule has 0 aromatic heterocycles. The van der Waals surface area contributed by atoms with Crippen molar-refractivity contribution < 1.29 is 21.1 Å². The number of hydrogen-bond donors (Lipinski definition) is 0. The van der Waals surface area contributed by atoms with E-state index in [9.17, 15) is 0 Å². The first-order chi connectivity index (χ1) is 5.86. The van der Waals surface area contributed by atoms with Crippen LogP contribution in [0.1, 0.15) is 0 Å². The Morgan fingerprint density at radius 3 is 2.69 bits per heavy atom. The van der Waals surface area contributed by atoms with Crippen molar-refractivity contribution in [2.45, 2.75) is 0 Å². The van der Waals surface area contributed by atoms with Crippen LogP contribution in [-0.4, -0.2) is 11.9 Å². The molecule has 0 bridgehead atoms. The third-order valence-corrected chi connectivity index (χ3v) is 1.74. The molecule has 0 aliphatic carbocycles. The Hall–Kier alpha value is -0.752. The maximum atomic E-state index is 3.15. The van der Waals surface area contributed by atoms with Crippen molar-refractivity contribution in [1.82, 2.24) is 4.90 Å². The van der Waals surface area contributed by atoms with Gasteiger partial charge in [0.15, 0.2) is 0 Å². The van der Waals surface area contributed by atoms with Crippen molar-refractivity contribution in [3.8, 4) is 0 Å². The van der Waals surface area contributed by atoms with Crippen LogP contribution in [0.25, 0.3) is 0 Å². The van der Waals surface area contributed by atoms with Crippen molar-refractivity contribution in [1.29, 1.82) is 0 Å². The van der Waals surface area contributed by atoms with Gasteiger partial charge < -0.3 is 9.80 Å². The maximum absolute atomic E-state index is 3.15. The van der Waals surface area contributed by atoms with Crippen molar-refractivity contribution >= 4 is 5.69 Å². The number of hydrogen-bond acceptors (Lipinski definition) is 2. The Morgan fingerprint density at radius 2 is 2.15 bits per heavy atom. The first-order valence-corrected chi connectivity index (χ1v) is 3.86. The van der Waals surface area contributed by atoms with E-state index in [2.05, 4.69) is 6.07 Å². The fraction of sp³-hybridized carbons (Fsp3) is 0.100. The molecular formula is C10H10N2Pt. The normalized spacial score (nSPS) is 14.5.